The molecule has 6 heteroatoms. The lowest BCUT2D eigenvalue weighted by Crippen LogP contribution is -2.30. The number of carbonyl (C=O) groups excluding carboxylic acids is 3. The fourth-order valence-electron chi connectivity index (χ4n) is 10.3. The summed E-state index contributed by atoms with van der Waals surface area (Å²) >= 11 is 0. The van der Waals surface area contributed by atoms with Gasteiger partial charge in [-0.05, 0) is 64.2 Å². The molecule has 0 radical (unpaired) electrons. The second-order valence-electron chi connectivity index (χ2n) is 23.1. The summed E-state index contributed by atoms with van der Waals surface area (Å²) in [7, 11) is 0. The standard InChI is InChI=1S/C69H130O6/c1-4-7-10-13-16-19-22-24-26-28-30-31-32-33-34-35-36-37-38-39-41-42-44-47-50-53-56-59-62-68(71)74-65-66(64-73-67(70)61-58-55-52-49-46-21-18-15-12-9-6-3)75-69(72)63-60-57-54-51-48-45-43-40-29-27-25-23-20-17-14-11-8-5-2/h15,18,27,29,66H,4-14,16-17,19-26,28,30-65H2,1-3H3/b18-15-,29-27-. The average molecular weight is 1060 g/mol. The molecule has 1 unspecified atom stereocenters. The Hall–Kier alpha value is -2.11. The zero-order valence-corrected chi connectivity index (χ0v) is 50.8. The van der Waals surface area contributed by atoms with E-state index < -0.39 is 6.10 Å². The van der Waals surface area contributed by atoms with Gasteiger partial charge in [-0.15, -0.1) is 0 Å². The van der Waals surface area contributed by atoms with E-state index in [1.54, 1.807) is 0 Å². The normalized spacial score (nSPS) is 12.1. The lowest BCUT2D eigenvalue weighted by atomic mass is 10.0. The van der Waals surface area contributed by atoms with Gasteiger partial charge >= 0.3 is 17.9 Å². The first-order chi connectivity index (χ1) is 37.0. The number of ether oxygens (including phenoxy) is 3. The van der Waals surface area contributed by atoms with Crippen LogP contribution in [0.3, 0.4) is 0 Å². The molecular weight excluding hydrogens is 925 g/mol. The highest BCUT2D eigenvalue weighted by molar-refractivity contribution is 5.71. The van der Waals surface area contributed by atoms with Crippen LogP contribution >= 0.6 is 0 Å². The van der Waals surface area contributed by atoms with Crippen LogP contribution in [0.15, 0.2) is 24.3 Å². The van der Waals surface area contributed by atoms with Crippen molar-refractivity contribution in [3.05, 3.63) is 24.3 Å². The van der Waals surface area contributed by atoms with Gasteiger partial charge in [0, 0.05) is 19.3 Å². The summed E-state index contributed by atoms with van der Waals surface area (Å²) < 4.78 is 16.9. The number of allylic oxidation sites excluding steroid dienone is 4. The number of carbonyl (C=O) groups is 3. The molecule has 0 heterocycles. The van der Waals surface area contributed by atoms with Gasteiger partial charge in [0.2, 0.25) is 0 Å². The van der Waals surface area contributed by atoms with Crippen LogP contribution in [0.25, 0.3) is 0 Å². The maximum atomic E-state index is 12.9. The third-order valence-corrected chi connectivity index (χ3v) is 15.4. The fraction of sp³-hybridized carbons (Fsp3) is 0.899. The zero-order valence-electron chi connectivity index (χ0n) is 50.8. The van der Waals surface area contributed by atoms with Crippen LogP contribution in [0.4, 0.5) is 0 Å². The second-order valence-corrected chi connectivity index (χ2v) is 23.1. The minimum absolute atomic E-state index is 0.0708. The van der Waals surface area contributed by atoms with E-state index in [-0.39, 0.29) is 31.1 Å². The van der Waals surface area contributed by atoms with Gasteiger partial charge in [-0.2, -0.15) is 0 Å². The molecule has 0 aromatic carbocycles. The molecule has 1 atom stereocenters. The van der Waals surface area contributed by atoms with Crippen molar-refractivity contribution in [2.45, 2.75) is 386 Å². The Labute approximate surface area is 468 Å². The first-order valence-corrected chi connectivity index (χ1v) is 33.8. The van der Waals surface area contributed by atoms with Crippen molar-refractivity contribution in [1.29, 1.82) is 0 Å². The highest BCUT2D eigenvalue weighted by Gasteiger charge is 2.19. The summed E-state index contributed by atoms with van der Waals surface area (Å²) in [6, 6.07) is 0. The number of hydrogen-bond donors (Lipinski definition) is 0. The smallest absolute Gasteiger partial charge is 0.306 e. The van der Waals surface area contributed by atoms with Gasteiger partial charge in [0.25, 0.3) is 0 Å². The van der Waals surface area contributed by atoms with E-state index in [0.717, 1.165) is 64.2 Å². The van der Waals surface area contributed by atoms with E-state index in [9.17, 15) is 14.4 Å². The van der Waals surface area contributed by atoms with Crippen molar-refractivity contribution in [3.8, 4) is 0 Å². The molecule has 0 aliphatic carbocycles. The molecule has 75 heavy (non-hydrogen) atoms. The number of rotatable bonds is 63. The summed E-state index contributed by atoms with van der Waals surface area (Å²) in [6.07, 6.45) is 77.9. The summed E-state index contributed by atoms with van der Waals surface area (Å²) in [5.74, 6) is -0.860. The van der Waals surface area contributed by atoms with E-state index in [1.165, 1.54) is 276 Å². The van der Waals surface area contributed by atoms with Crippen LogP contribution in [0.2, 0.25) is 0 Å². The zero-order chi connectivity index (χ0) is 54.3. The van der Waals surface area contributed by atoms with Crippen molar-refractivity contribution in [2.75, 3.05) is 13.2 Å². The molecule has 0 saturated heterocycles. The summed E-state index contributed by atoms with van der Waals surface area (Å²) in [5, 5.41) is 0. The number of esters is 3. The second kappa shape index (κ2) is 64.4. The van der Waals surface area contributed by atoms with Crippen LogP contribution in [0, 0.1) is 0 Å². The SMILES string of the molecule is CCCC/C=C\CCCCCCCC(=O)OCC(COC(=O)CCCCCCCCCCCCCCCCCCCCCCCCCCCCCC)OC(=O)CCCCCCCCC/C=C\CCCCCCCCC. The molecule has 0 fully saturated rings. The molecule has 442 valence electrons. The van der Waals surface area contributed by atoms with Crippen LogP contribution < -0.4 is 0 Å². The minimum Gasteiger partial charge on any atom is -0.462 e. The number of hydrogen-bond acceptors (Lipinski definition) is 6. The molecule has 0 amide bonds. The fourth-order valence-corrected chi connectivity index (χ4v) is 10.3. The third kappa shape index (κ3) is 62.6. The monoisotopic (exact) mass is 1050 g/mol. The van der Waals surface area contributed by atoms with E-state index in [1.807, 2.05) is 0 Å². The highest BCUT2D eigenvalue weighted by Crippen LogP contribution is 2.18. The van der Waals surface area contributed by atoms with Crippen LogP contribution in [-0.4, -0.2) is 37.2 Å². The molecule has 0 aliphatic rings. The van der Waals surface area contributed by atoms with Gasteiger partial charge in [0.1, 0.15) is 13.2 Å². The first-order valence-electron chi connectivity index (χ1n) is 33.8. The largest absolute Gasteiger partial charge is 0.462 e. The van der Waals surface area contributed by atoms with Gasteiger partial charge in [0.05, 0.1) is 0 Å². The quantitative estimate of drug-likeness (QED) is 0.0261. The van der Waals surface area contributed by atoms with Crippen LogP contribution in [-0.2, 0) is 28.6 Å². The maximum Gasteiger partial charge on any atom is 0.306 e. The molecule has 0 N–H and O–H groups in total. The third-order valence-electron chi connectivity index (χ3n) is 15.4. The molecule has 0 spiro atoms. The maximum absolute atomic E-state index is 12.9. The van der Waals surface area contributed by atoms with Gasteiger partial charge in [-0.25, -0.2) is 0 Å². The summed E-state index contributed by atoms with van der Waals surface area (Å²) in [6.45, 7) is 6.66. The molecule has 0 saturated carbocycles. The van der Waals surface area contributed by atoms with E-state index in [2.05, 4.69) is 45.1 Å². The predicted molar refractivity (Wildman–Crippen MR) is 326 cm³/mol. The Kier molecular flexibility index (Phi) is 62.6. The molecular formula is C69H130O6. The molecule has 0 aliphatic heterocycles. The van der Waals surface area contributed by atoms with Crippen LogP contribution in [0.5, 0.6) is 0 Å². The van der Waals surface area contributed by atoms with Gasteiger partial charge in [0.15, 0.2) is 6.10 Å². The van der Waals surface area contributed by atoms with Crippen molar-refractivity contribution in [1.82, 2.24) is 0 Å². The van der Waals surface area contributed by atoms with Crippen molar-refractivity contribution in [2.24, 2.45) is 0 Å². The molecule has 6 nitrogen and oxygen atoms in total. The first kappa shape index (κ1) is 72.9. The Morgan fingerprint density at radius 3 is 0.707 bits per heavy atom. The van der Waals surface area contributed by atoms with Gasteiger partial charge < -0.3 is 14.2 Å². The summed E-state index contributed by atoms with van der Waals surface area (Å²) in [4.78, 5) is 38.3. The van der Waals surface area contributed by atoms with Crippen molar-refractivity contribution < 1.29 is 28.6 Å². The topological polar surface area (TPSA) is 78.9 Å². The average Bonchev–Trinajstić information content (AvgIpc) is 3.41. The lowest BCUT2D eigenvalue weighted by molar-refractivity contribution is -0.167. The Balaban J connectivity index is 4.14. The van der Waals surface area contributed by atoms with Crippen molar-refractivity contribution in [3.63, 3.8) is 0 Å². The minimum atomic E-state index is -0.774. The molecule has 0 bridgehead atoms. The molecule has 0 aromatic rings. The highest BCUT2D eigenvalue weighted by atomic mass is 16.6. The van der Waals surface area contributed by atoms with E-state index in [4.69, 9.17) is 14.2 Å². The lowest BCUT2D eigenvalue weighted by Gasteiger charge is -2.18. The van der Waals surface area contributed by atoms with Gasteiger partial charge in [-0.1, -0.05) is 321 Å². The van der Waals surface area contributed by atoms with E-state index >= 15 is 0 Å². The number of unbranched alkanes of at least 4 members (excludes halogenated alkanes) is 48. The predicted octanol–water partition coefficient (Wildman–Crippen LogP) is 23.0. The van der Waals surface area contributed by atoms with E-state index in [0.29, 0.717) is 19.3 Å². The van der Waals surface area contributed by atoms with Crippen LogP contribution in [0.1, 0.15) is 380 Å². The molecule has 0 rings (SSSR count). The Morgan fingerprint density at radius 1 is 0.253 bits per heavy atom. The van der Waals surface area contributed by atoms with Crippen molar-refractivity contribution >= 4 is 17.9 Å². The Bertz CT molecular complexity index is 1210. The molecule has 0 aromatic heterocycles. The Morgan fingerprint density at radius 2 is 0.453 bits per heavy atom. The summed E-state index contributed by atoms with van der Waals surface area (Å²) in [5.41, 5.74) is 0. The van der Waals surface area contributed by atoms with Gasteiger partial charge in [-0.3, -0.25) is 14.4 Å².